The van der Waals surface area contributed by atoms with Gasteiger partial charge in [-0.3, -0.25) is 14.4 Å². The lowest BCUT2D eigenvalue weighted by atomic mass is 10.1. The van der Waals surface area contributed by atoms with Gasteiger partial charge in [0, 0.05) is 26.6 Å². The summed E-state index contributed by atoms with van der Waals surface area (Å²) in [6.45, 7) is 2.38. The fourth-order valence-electron chi connectivity index (χ4n) is 3.48. The Kier molecular flexibility index (Phi) is 6.65. The molecular formula is C23H26N2O4. The second-order valence-electron chi connectivity index (χ2n) is 7.38. The third-order valence-electron chi connectivity index (χ3n) is 5.27. The van der Waals surface area contributed by atoms with Crippen molar-refractivity contribution in [3.63, 3.8) is 0 Å². The number of likely N-dealkylation sites (tertiary alicyclic amines) is 1. The molecule has 0 N–H and O–H groups in total. The van der Waals surface area contributed by atoms with Crippen LogP contribution < -0.4 is 0 Å². The first kappa shape index (κ1) is 20.6. The molecule has 0 radical (unpaired) electrons. The highest BCUT2D eigenvalue weighted by Gasteiger charge is 2.38. The monoisotopic (exact) mass is 394 g/mol. The minimum absolute atomic E-state index is 0.0733. The molecule has 6 nitrogen and oxygen atoms in total. The topological polar surface area (TPSA) is 66.9 Å². The quantitative estimate of drug-likeness (QED) is 0.678. The molecule has 152 valence electrons. The van der Waals surface area contributed by atoms with Gasteiger partial charge in [-0.15, -0.1) is 0 Å². The maximum Gasteiger partial charge on any atom is 0.311 e. The number of benzene rings is 2. The van der Waals surface area contributed by atoms with Crippen LogP contribution in [0.3, 0.4) is 0 Å². The second kappa shape index (κ2) is 9.37. The maximum absolute atomic E-state index is 12.4. The number of carbonyl (C=O) groups is 3. The molecule has 0 bridgehead atoms. The number of amides is 2. The normalized spacial score (nSPS) is 17.1. The molecular weight excluding hydrogens is 368 g/mol. The molecule has 0 spiro atoms. The van der Waals surface area contributed by atoms with Gasteiger partial charge in [0.2, 0.25) is 5.91 Å². The molecule has 2 amide bonds. The Morgan fingerprint density at radius 3 is 2.38 bits per heavy atom. The van der Waals surface area contributed by atoms with E-state index in [0.29, 0.717) is 13.1 Å². The van der Waals surface area contributed by atoms with Crippen LogP contribution in [0.1, 0.15) is 30.5 Å². The van der Waals surface area contributed by atoms with Gasteiger partial charge in [0.25, 0.3) is 5.91 Å². The van der Waals surface area contributed by atoms with Gasteiger partial charge < -0.3 is 14.5 Å². The van der Waals surface area contributed by atoms with Crippen molar-refractivity contribution < 1.29 is 19.1 Å². The van der Waals surface area contributed by atoms with Crippen molar-refractivity contribution in [3.05, 3.63) is 71.8 Å². The highest BCUT2D eigenvalue weighted by atomic mass is 16.5. The van der Waals surface area contributed by atoms with E-state index in [1.54, 1.807) is 11.9 Å². The molecule has 0 unspecified atom stereocenters. The van der Waals surface area contributed by atoms with Crippen LogP contribution in [0.15, 0.2) is 60.7 Å². The van der Waals surface area contributed by atoms with E-state index in [2.05, 4.69) is 0 Å². The Morgan fingerprint density at radius 1 is 1.10 bits per heavy atom. The first-order valence-corrected chi connectivity index (χ1v) is 9.74. The highest BCUT2D eigenvalue weighted by molar-refractivity contribution is 5.88. The van der Waals surface area contributed by atoms with Crippen molar-refractivity contribution in [2.75, 3.05) is 20.2 Å². The predicted molar refractivity (Wildman–Crippen MR) is 109 cm³/mol. The third-order valence-corrected chi connectivity index (χ3v) is 5.27. The van der Waals surface area contributed by atoms with Gasteiger partial charge >= 0.3 is 5.97 Å². The average Bonchev–Trinajstić information content (AvgIpc) is 3.14. The fraction of sp³-hybridized carbons (Fsp3) is 0.348. The first-order valence-electron chi connectivity index (χ1n) is 9.74. The average molecular weight is 394 g/mol. The Balaban J connectivity index is 1.49. The maximum atomic E-state index is 12.4. The zero-order chi connectivity index (χ0) is 20.8. The number of rotatable bonds is 7. The number of hydrogen-bond donors (Lipinski definition) is 0. The lowest BCUT2D eigenvalue weighted by Crippen LogP contribution is -2.33. The molecule has 1 aliphatic heterocycles. The van der Waals surface area contributed by atoms with E-state index in [4.69, 9.17) is 4.74 Å². The first-order chi connectivity index (χ1) is 14.0. The molecule has 1 saturated heterocycles. The lowest BCUT2D eigenvalue weighted by Gasteiger charge is -2.25. The van der Waals surface area contributed by atoms with Gasteiger partial charge in [0.05, 0.1) is 12.0 Å². The summed E-state index contributed by atoms with van der Waals surface area (Å²) in [5, 5.41) is 0. The molecule has 1 aliphatic rings. The summed E-state index contributed by atoms with van der Waals surface area (Å²) in [4.78, 5) is 40.3. The second-order valence-corrected chi connectivity index (χ2v) is 7.38. The molecule has 3 rings (SSSR count). The summed E-state index contributed by atoms with van der Waals surface area (Å²) in [6.07, 6.45) is 0.115. The minimum atomic E-state index is -0.541. The molecule has 0 saturated carbocycles. The predicted octanol–water partition coefficient (Wildman–Crippen LogP) is 2.80. The van der Waals surface area contributed by atoms with E-state index in [0.717, 1.165) is 11.1 Å². The van der Waals surface area contributed by atoms with E-state index in [1.165, 1.54) is 4.90 Å². The van der Waals surface area contributed by atoms with Gasteiger partial charge in [0.15, 0.2) is 6.61 Å². The summed E-state index contributed by atoms with van der Waals surface area (Å²) < 4.78 is 5.22. The van der Waals surface area contributed by atoms with Crippen LogP contribution >= 0.6 is 0 Å². The van der Waals surface area contributed by atoms with Crippen molar-refractivity contribution in [1.82, 2.24) is 9.80 Å². The van der Waals surface area contributed by atoms with E-state index in [1.807, 2.05) is 67.6 Å². The van der Waals surface area contributed by atoms with Crippen LogP contribution in [0.4, 0.5) is 0 Å². The number of ether oxygens (including phenoxy) is 1. The summed E-state index contributed by atoms with van der Waals surface area (Å²) in [5.74, 6) is -1.39. The summed E-state index contributed by atoms with van der Waals surface area (Å²) in [6, 6.07) is 19.2. The molecule has 6 heteroatoms. The van der Waals surface area contributed by atoms with Gasteiger partial charge in [0.1, 0.15) is 0 Å². The van der Waals surface area contributed by atoms with Crippen LogP contribution in [-0.2, 0) is 25.7 Å². The number of hydrogen-bond acceptors (Lipinski definition) is 4. The number of nitrogens with zero attached hydrogens (tertiary/aromatic N) is 2. The van der Waals surface area contributed by atoms with Crippen molar-refractivity contribution in [2.24, 2.45) is 5.92 Å². The zero-order valence-corrected chi connectivity index (χ0v) is 16.8. The Hall–Kier alpha value is -3.15. The van der Waals surface area contributed by atoms with E-state index in [9.17, 15) is 14.4 Å². The minimum Gasteiger partial charge on any atom is -0.455 e. The highest BCUT2D eigenvalue weighted by Crippen LogP contribution is 2.29. The van der Waals surface area contributed by atoms with Crippen LogP contribution in [0.2, 0.25) is 0 Å². The van der Waals surface area contributed by atoms with Crippen molar-refractivity contribution in [1.29, 1.82) is 0 Å². The zero-order valence-electron chi connectivity index (χ0n) is 16.8. The number of carbonyl (C=O) groups excluding carboxylic acids is 3. The van der Waals surface area contributed by atoms with Crippen LogP contribution in [0.25, 0.3) is 0 Å². The van der Waals surface area contributed by atoms with E-state index < -0.39 is 11.9 Å². The van der Waals surface area contributed by atoms with Crippen LogP contribution in [-0.4, -0.2) is 47.8 Å². The van der Waals surface area contributed by atoms with Crippen LogP contribution in [0.5, 0.6) is 0 Å². The summed E-state index contributed by atoms with van der Waals surface area (Å²) >= 11 is 0. The van der Waals surface area contributed by atoms with Crippen molar-refractivity contribution in [3.8, 4) is 0 Å². The Bertz CT molecular complexity index is 854. The molecule has 2 atom stereocenters. The van der Waals surface area contributed by atoms with Crippen molar-refractivity contribution >= 4 is 17.8 Å². The number of esters is 1. The Morgan fingerprint density at radius 2 is 1.72 bits per heavy atom. The smallest absolute Gasteiger partial charge is 0.311 e. The van der Waals surface area contributed by atoms with E-state index in [-0.39, 0.29) is 30.9 Å². The standard InChI is InChI=1S/C23H26N2O4/c1-17(19-11-7-4-8-12-19)25-15-20(13-21(25)26)23(28)29-16-22(27)24(2)14-18-9-5-3-6-10-18/h3-12,17,20H,13-16H2,1-2H3/t17-,20-/m0/s1. The molecule has 1 heterocycles. The van der Waals surface area contributed by atoms with Gasteiger partial charge in [-0.25, -0.2) is 0 Å². The largest absolute Gasteiger partial charge is 0.455 e. The molecule has 2 aromatic rings. The van der Waals surface area contributed by atoms with Gasteiger partial charge in [-0.05, 0) is 18.1 Å². The molecule has 0 aromatic heterocycles. The fourth-order valence-corrected chi connectivity index (χ4v) is 3.48. The molecule has 2 aromatic carbocycles. The molecule has 0 aliphatic carbocycles. The molecule has 1 fully saturated rings. The summed E-state index contributed by atoms with van der Waals surface area (Å²) in [5.41, 5.74) is 2.02. The van der Waals surface area contributed by atoms with Crippen molar-refractivity contribution in [2.45, 2.75) is 25.9 Å². The summed E-state index contributed by atoms with van der Waals surface area (Å²) in [7, 11) is 1.67. The van der Waals surface area contributed by atoms with Gasteiger partial charge in [-0.2, -0.15) is 0 Å². The SMILES string of the molecule is C[C@@H](c1ccccc1)N1C[C@@H](C(=O)OCC(=O)N(C)Cc2ccccc2)CC1=O. The third kappa shape index (κ3) is 5.22. The number of likely N-dealkylation sites (N-methyl/N-ethyl adjacent to an activating group) is 1. The van der Waals surface area contributed by atoms with Crippen LogP contribution in [0, 0.1) is 5.92 Å². The van der Waals surface area contributed by atoms with E-state index >= 15 is 0 Å². The molecule has 29 heavy (non-hydrogen) atoms. The van der Waals surface area contributed by atoms with Gasteiger partial charge in [-0.1, -0.05) is 60.7 Å². The Labute approximate surface area is 171 Å². The lowest BCUT2D eigenvalue weighted by molar-refractivity contribution is -0.155.